The van der Waals surface area contributed by atoms with Gasteiger partial charge >= 0.3 is 0 Å². The third kappa shape index (κ3) is 3.97. The number of ether oxygens (including phenoxy) is 1. The number of carbonyl (C=O) groups excluding carboxylic acids is 1. The smallest absolute Gasteiger partial charge is 0.226 e. The Hall–Kier alpha value is -2.60. The zero-order valence-corrected chi connectivity index (χ0v) is 17.2. The van der Waals surface area contributed by atoms with E-state index < -0.39 is 0 Å². The van der Waals surface area contributed by atoms with Crippen LogP contribution in [0, 0.1) is 13.8 Å². The third-order valence-corrected chi connectivity index (χ3v) is 6.41. The summed E-state index contributed by atoms with van der Waals surface area (Å²) in [5.74, 6) is 0.966. The molecule has 0 saturated carbocycles. The van der Waals surface area contributed by atoms with Crippen LogP contribution in [-0.4, -0.2) is 48.6 Å². The van der Waals surface area contributed by atoms with Crippen LogP contribution in [0.5, 0.6) is 5.75 Å². The van der Waals surface area contributed by atoms with E-state index in [4.69, 9.17) is 9.72 Å². The van der Waals surface area contributed by atoms with Gasteiger partial charge in [-0.15, -0.1) is 0 Å². The van der Waals surface area contributed by atoms with Gasteiger partial charge in [-0.25, -0.2) is 4.98 Å². The first-order valence-electron chi connectivity index (χ1n) is 9.69. The van der Waals surface area contributed by atoms with Crippen molar-refractivity contribution < 1.29 is 9.53 Å². The molecule has 1 saturated heterocycles. The van der Waals surface area contributed by atoms with Crippen molar-refractivity contribution in [1.29, 1.82) is 0 Å². The van der Waals surface area contributed by atoms with Crippen LogP contribution in [0.25, 0.3) is 10.2 Å². The lowest BCUT2D eigenvalue weighted by Crippen LogP contribution is -2.49. The van der Waals surface area contributed by atoms with E-state index in [1.807, 2.05) is 35.2 Å². The lowest BCUT2D eigenvalue weighted by atomic mass is 10.1. The molecular weight excluding hydrogens is 370 g/mol. The molecule has 6 heteroatoms. The number of hydrogen-bond acceptors (Lipinski definition) is 5. The van der Waals surface area contributed by atoms with Gasteiger partial charge in [-0.1, -0.05) is 41.7 Å². The second-order valence-electron chi connectivity index (χ2n) is 7.15. The molecule has 0 aliphatic carbocycles. The number of benzene rings is 2. The summed E-state index contributed by atoms with van der Waals surface area (Å²) in [4.78, 5) is 21.6. The van der Waals surface area contributed by atoms with E-state index in [1.54, 1.807) is 11.3 Å². The number of nitrogens with zero attached hydrogens (tertiary/aromatic N) is 3. The van der Waals surface area contributed by atoms with Gasteiger partial charge in [0.15, 0.2) is 5.13 Å². The average molecular weight is 396 g/mol. The summed E-state index contributed by atoms with van der Waals surface area (Å²) in [6.45, 7) is 7.78. The molecule has 4 rings (SSSR count). The molecule has 2 aromatic carbocycles. The molecule has 5 nitrogen and oxygen atoms in total. The Morgan fingerprint density at radius 3 is 2.46 bits per heavy atom. The Labute approximate surface area is 169 Å². The van der Waals surface area contributed by atoms with Gasteiger partial charge in [0.05, 0.1) is 23.2 Å². The summed E-state index contributed by atoms with van der Waals surface area (Å²) in [5.41, 5.74) is 3.60. The Morgan fingerprint density at radius 2 is 1.75 bits per heavy atom. The number of thiazole rings is 1. The number of fused-ring (bicyclic) bond motifs is 1. The normalized spacial score (nSPS) is 14.5. The molecule has 0 bridgehead atoms. The largest absolute Gasteiger partial charge is 0.493 e. The first-order valence-corrected chi connectivity index (χ1v) is 10.5. The second kappa shape index (κ2) is 8.19. The number of carbonyl (C=O) groups is 1. The Bertz CT molecular complexity index is 924. The van der Waals surface area contributed by atoms with Gasteiger partial charge in [-0.05, 0) is 37.1 Å². The van der Waals surface area contributed by atoms with Gasteiger partial charge in [0.2, 0.25) is 5.91 Å². The van der Waals surface area contributed by atoms with Gasteiger partial charge in [-0.3, -0.25) is 4.79 Å². The summed E-state index contributed by atoms with van der Waals surface area (Å²) >= 11 is 1.76. The Balaban J connectivity index is 1.31. The van der Waals surface area contributed by atoms with Crippen LogP contribution in [0.3, 0.4) is 0 Å². The highest BCUT2D eigenvalue weighted by Gasteiger charge is 2.23. The summed E-state index contributed by atoms with van der Waals surface area (Å²) in [5, 5.41) is 1.06. The lowest BCUT2D eigenvalue weighted by Gasteiger charge is -2.34. The Morgan fingerprint density at radius 1 is 1.04 bits per heavy atom. The Kier molecular flexibility index (Phi) is 5.48. The molecule has 0 radical (unpaired) electrons. The zero-order valence-electron chi connectivity index (χ0n) is 16.4. The molecule has 1 aliphatic heterocycles. The molecule has 1 fully saturated rings. The minimum absolute atomic E-state index is 0.159. The number of para-hydroxylation sites is 1. The standard InChI is InChI=1S/C22H25N3O2S/c1-16-8-9-17(2)21-20(16)23-22(28-21)25-13-11-24(12-14-25)19(26)10-15-27-18-6-4-3-5-7-18/h3-9H,10-15H2,1-2H3. The highest BCUT2D eigenvalue weighted by Crippen LogP contribution is 2.33. The molecule has 0 unspecified atom stereocenters. The van der Waals surface area contributed by atoms with Crippen molar-refractivity contribution in [2.75, 3.05) is 37.7 Å². The van der Waals surface area contributed by atoms with E-state index in [0.717, 1.165) is 42.6 Å². The van der Waals surface area contributed by atoms with E-state index in [0.29, 0.717) is 13.0 Å². The maximum Gasteiger partial charge on any atom is 0.226 e. The molecular formula is C22H25N3O2S. The molecule has 0 spiro atoms. The maximum atomic E-state index is 12.5. The van der Waals surface area contributed by atoms with Crippen LogP contribution in [0.2, 0.25) is 0 Å². The number of amides is 1. The molecule has 1 aliphatic rings. The highest BCUT2D eigenvalue weighted by molar-refractivity contribution is 7.22. The topological polar surface area (TPSA) is 45.7 Å². The molecule has 146 valence electrons. The van der Waals surface area contributed by atoms with Crippen LogP contribution in [0.15, 0.2) is 42.5 Å². The summed E-state index contributed by atoms with van der Waals surface area (Å²) in [7, 11) is 0. The van der Waals surface area contributed by atoms with E-state index >= 15 is 0 Å². The molecule has 0 atom stereocenters. The lowest BCUT2D eigenvalue weighted by molar-refractivity contribution is -0.132. The fourth-order valence-electron chi connectivity index (χ4n) is 3.46. The molecule has 2 heterocycles. The second-order valence-corrected chi connectivity index (χ2v) is 8.13. The number of piperazine rings is 1. The fourth-order valence-corrected chi connectivity index (χ4v) is 4.62. The molecule has 0 N–H and O–H groups in total. The molecule has 1 aromatic heterocycles. The molecule has 28 heavy (non-hydrogen) atoms. The van der Waals surface area contributed by atoms with Crippen molar-refractivity contribution in [2.45, 2.75) is 20.3 Å². The van der Waals surface area contributed by atoms with Crippen molar-refractivity contribution in [1.82, 2.24) is 9.88 Å². The van der Waals surface area contributed by atoms with Crippen molar-refractivity contribution in [2.24, 2.45) is 0 Å². The fraction of sp³-hybridized carbons (Fsp3) is 0.364. The van der Waals surface area contributed by atoms with E-state index in [-0.39, 0.29) is 5.91 Å². The maximum absolute atomic E-state index is 12.5. The summed E-state index contributed by atoms with van der Waals surface area (Å²) < 4.78 is 6.92. The first kappa shape index (κ1) is 18.7. The van der Waals surface area contributed by atoms with Gasteiger partial charge in [0, 0.05) is 26.2 Å². The van der Waals surface area contributed by atoms with E-state index in [2.05, 4.69) is 30.9 Å². The van der Waals surface area contributed by atoms with Gasteiger partial charge in [0.25, 0.3) is 0 Å². The van der Waals surface area contributed by atoms with Crippen molar-refractivity contribution >= 4 is 32.6 Å². The van der Waals surface area contributed by atoms with Crippen LogP contribution < -0.4 is 9.64 Å². The molecule has 1 amide bonds. The predicted molar refractivity (Wildman–Crippen MR) is 114 cm³/mol. The minimum atomic E-state index is 0.159. The van der Waals surface area contributed by atoms with Crippen LogP contribution in [0.1, 0.15) is 17.5 Å². The van der Waals surface area contributed by atoms with Crippen molar-refractivity contribution in [3.05, 3.63) is 53.6 Å². The number of aryl methyl sites for hydroxylation is 2. The SMILES string of the molecule is Cc1ccc(C)c2sc(N3CCN(C(=O)CCOc4ccccc4)CC3)nc12. The van der Waals surface area contributed by atoms with Crippen molar-refractivity contribution in [3.63, 3.8) is 0 Å². The number of hydrogen-bond donors (Lipinski definition) is 0. The average Bonchev–Trinajstić information content (AvgIpc) is 3.19. The first-order chi connectivity index (χ1) is 13.6. The van der Waals surface area contributed by atoms with Gasteiger partial charge in [-0.2, -0.15) is 0 Å². The zero-order chi connectivity index (χ0) is 19.5. The van der Waals surface area contributed by atoms with Crippen LogP contribution in [-0.2, 0) is 4.79 Å². The van der Waals surface area contributed by atoms with E-state index in [9.17, 15) is 4.79 Å². The highest BCUT2D eigenvalue weighted by atomic mass is 32.1. The summed E-state index contributed by atoms with van der Waals surface area (Å²) in [6, 6.07) is 13.9. The van der Waals surface area contributed by atoms with Crippen molar-refractivity contribution in [3.8, 4) is 5.75 Å². The van der Waals surface area contributed by atoms with Crippen LogP contribution in [0.4, 0.5) is 5.13 Å². The van der Waals surface area contributed by atoms with Crippen LogP contribution >= 0.6 is 11.3 Å². The number of aromatic nitrogens is 1. The molecule has 3 aromatic rings. The number of anilines is 1. The number of rotatable bonds is 5. The quantitative estimate of drug-likeness (QED) is 0.654. The third-order valence-electron chi connectivity index (χ3n) is 5.16. The van der Waals surface area contributed by atoms with Gasteiger partial charge in [0.1, 0.15) is 5.75 Å². The van der Waals surface area contributed by atoms with Gasteiger partial charge < -0.3 is 14.5 Å². The minimum Gasteiger partial charge on any atom is -0.493 e. The predicted octanol–water partition coefficient (Wildman–Crippen LogP) is 4.03. The van der Waals surface area contributed by atoms with E-state index in [1.165, 1.54) is 15.8 Å². The summed E-state index contributed by atoms with van der Waals surface area (Å²) in [6.07, 6.45) is 0.411. The monoisotopic (exact) mass is 395 g/mol.